The maximum absolute atomic E-state index is 13.5. The van der Waals surface area contributed by atoms with Crippen molar-refractivity contribution in [1.29, 1.82) is 0 Å². The molecule has 2 unspecified atom stereocenters. The monoisotopic (exact) mass is 682 g/mol. The maximum Gasteiger partial charge on any atom is 1.00 e. The molecule has 2 saturated heterocycles. The molecule has 2 heterocycles. The van der Waals surface area contributed by atoms with Crippen molar-refractivity contribution in [3.8, 4) is 5.75 Å². The Labute approximate surface area is 301 Å². The molecule has 2 aliphatic heterocycles. The summed E-state index contributed by atoms with van der Waals surface area (Å²) in [6.07, 6.45) is -21.1. The van der Waals surface area contributed by atoms with Crippen LogP contribution in [0.4, 0.5) is 0 Å². The SMILES string of the molecule is O=C(/C=C/c1ccc([O-])cc1)C1C(=O)[C@@H](O[C@@H]2O[C@H](CO)[C@@H](O)[C@H](O)[C@H]2O)C(=O)C(O)(O[C@@H]2O[C@H](CO)[C@@H](O)[C@H](O)[C@H]2O)C1=O.[K+]. The van der Waals surface area contributed by atoms with E-state index in [0.717, 1.165) is 18.2 Å². The van der Waals surface area contributed by atoms with Crippen molar-refractivity contribution < 1.29 is 141 Å². The predicted molar refractivity (Wildman–Crippen MR) is 137 cm³/mol. The number of Topliss-reactive ketones (excluding diaryl/α,β-unsaturated/α-hetero) is 3. The average Bonchev–Trinajstić information content (AvgIpc) is 3.02. The summed E-state index contributed by atoms with van der Waals surface area (Å²) in [4.78, 5) is 53.6. The van der Waals surface area contributed by atoms with E-state index in [0.29, 0.717) is 6.08 Å². The molecule has 9 N–H and O–H groups in total. The number of hydrogen-bond acceptors (Lipinski definition) is 18. The molecule has 1 aromatic rings. The first kappa shape index (κ1) is 39.0. The number of aliphatic hydroxyl groups is 9. The molecule has 1 aliphatic carbocycles. The van der Waals surface area contributed by atoms with Crippen LogP contribution in [0.5, 0.6) is 5.75 Å². The van der Waals surface area contributed by atoms with Gasteiger partial charge in [0, 0.05) is 0 Å². The molecular weight excluding hydrogens is 651 g/mol. The molecule has 248 valence electrons. The van der Waals surface area contributed by atoms with Crippen molar-refractivity contribution in [1.82, 2.24) is 0 Å². The normalized spacial score (nSPS) is 40.2. The molecule has 4 rings (SSSR count). The Morgan fingerprint density at radius 2 is 1.30 bits per heavy atom. The van der Waals surface area contributed by atoms with Gasteiger partial charge in [-0.15, -0.1) is 5.75 Å². The number of allylic oxidation sites excluding steroid dienone is 1. The Kier molecular flexibility index (Phi) is 13.4. The maximum atomic E-state index is 13.5. The summed E-state index contributed by atoms with van der Waals surface area (Å²) >= 11 is 0. The number of ketones is 4. The summed E-state index contributed by atoms with van der Waals surface area (Å²) in [6.45, 7) is -1.93. The number of benzene rings is 1. The van der Waals surface area contributed by atoms with Gasteiger partial charge in [-0.05, 0) is 11.6 Å². The van der Waals surface area contributed by atoms with Crippen LogP contribution in [0.15, 0.2) is 30.3 Å². The third kappa shape index (κ3) is 7.57. The van der Waals surface area contributed by atoms with E-state index in [4.69, 9.17) is 18.9 Å². The van der Waals surface area contributed by atoms with E-state index < -0.39 is 116 Å². The minimum absolute atomic E-state index is 0. The molecule has 46 heavy (non-hydrogen) atoms. The third-order valence-electron chi connectivity index (χ3n) is 7.57. The molecule has 0 radical (unpaired) electrons. The molecule has 3 fully saturated rings. The number of rotatable bonds is 9. The Hall–Kier alpha value is -1.44. The molecule has 1 aromatic carbocycles. The van der Waals surface area contributed by atoms with E-state index in [1.54, 1.807) is 0 Å². The van der Waals surface area contributed by atoms with Gasteiger partial charge in [-0.2, -0.15) is 0 Å². The summed E-state index contributed by atoms with van der Waals surface area (Å²) < 4.78 is 20.5. The van der Waals surface area contributed by atoms with Gasteiger partial charge in [0.25, 0.3) is 5.79 Å². The molecule has 0 amide bonds. The van der Waals surface area contributed by atoms with Crippen molar-refractivity contribution >= 4 is 29.2 Å². The summed E-state index contributed by atoms with van der Waals surface area (Å²) in [7, 11) is 0. The zero-order valence-corrected chi connectivity index (χ0v) is 27.1. The minimum Gasteiger partial charge on any atom is -0.872 e. The van der Waals surface area contributed by atoms with Gasteiger partial charge in [0.2, 0.25) is 11.6 Å². The molecule has 0 bridgehead atoms. The number of aliphatic hydroxyl groups excluding tert-OH is 8. The Balaban J connectivity index is 0.00000576. The fourth-order valence-corrected chi connectivity index (χ4v) is 4.92. The molecular formula is C27H31KO18. The zero-order chi connectivity index (χ0) is 33.4. The van der Waals surface area contributed by atoms with E-state index in [1.165, 1.54) is 12.1 Å². The fourth-order valence-electron chi connectivity index (χ4n) is 4.92. The molecule has 1 saturated carbocycles. The zero-order valence-electron chi connectivity index (χ0n) is 24.0. The molecule has 0 spiro atoms. The van der Waals surface area contributed by atoms with Crippen LogP contribution in [-0.2, 0) is 38.1 Å². The number of carbonyl (C=O) groups excluding carboxylic acids is 4. The largest absolute Gasteiger partial charge is 1.00 e. The van der Waals surface area contributed by atoms with Gasteiger partial charge in [0.15, 0.2) is 30.3 Å². The fraction of sp³-hybridized carbons (Fsp3) is 0.556. The van der Waals surface area contributed by atoms with Crippen LogP contribution < -0.4 is 56.5 Å². The molecule has 0 aromatic heterocycles. The number of hydrogen-bond donors (Lipinski definition) is 9. The van der Waals surface area contributed by atoms with Crippen LogP contribution >= 0.6 is 0 Å². The Morgan fingerprint density at radius 1 is 0.804 bits per heavy atom. The number of carbonyl (C=O) groups is 4. The summed E-state index contributed by atoms with van der Waals surface area (Å²) in [5, 5.41) is 103. The molecule has 13 atom stereocenters. The van der Waals surface area contributed by atoms with E-state index in [2.05, 4.69) is 0 Å². The second kappa shape index (κ2) is 15.8. The van der Waals surface area contributed by atoms with Crippen LogP contribution in [0, 0.1) is 5.92 Å². The molecule has 19 heteroatoms. The summed E-state index contributed by atoms with van der Waals surface area (Å²) in [5.41, 5.74) is 0.261. The van der Waals surface area contributed by atoms with Gasteiger partial charge in [0.05, 0.1) is 13.2 Å². The predicted octanol–water partition coefficient (Wildman–Crippen LogP) is -9.63. The Morgan fingerprint density at radius 3 is 1.83 bits per heavy atom. The minimum atomic E-state index is -3.86. The smallest absolute Gasteiger partial charge is 0.872 e. The quantitative estimate of drug-likeness (QED) is 0.0505. The summed E-state index contributed by atoms with van der Waals surface area (Å²) in [6, 6.07) is 4.89. The van der Waals surface area contributed by atoms with Crippen LogP contribution in [-0.4, -0.2) is 156 Å². The van der Waals surface area contributed by atoms with E-state index >= 15 is 0 Å². The van der Waals surface area contributed by atoms with Crippen molar-refractivity contribution in [2.75, 3.05) is 13.2 Å². The average molecular weight is 683 g/mol. The second-order valence-corrected chi connectivity index (χ2v) is 10.5. The van der Waals surface area contributed by atoms with Crippen LogP contribution in [0.1, 0.15) is 5.56 Å². The van der Waals surface area contributed by atoms with Crippen LogP contribution in [0.2, 0.25) is 0 Å². The molecule has 18 nitrogen and oxygen atoms in total. The Bertz CT molecular complexity index is 1300. The van der Waals surface area contributed by atoms with Crippen LogP contribution in [0.25, 0.3) is 6.08 Å². The van der Waals surface area contributed by atoms with Crippen molar-refractivity contribution in [3.63, 3.8) is 0 Å². The van der Waals surface area contributed by atoms with Crippen molar-refractivity contribution in [3.05, 3.63) is 35.9 Å². The molecule has 3 aliphatic rings. The van der Waals surface area contributed by atoms with Gasteiger partial charge in [-0.1, -0.05) is 30.3 Å². The van der Waals surface area contributed by atoms with E-state index in [9.17, 15) is 70.2 Å². The first-order valence-corrected chi connectivity index (χ1v) is 13.4. The van der Waals surface area contributed by atoms with Crippen molar-refractivity contribution in [2.24, 2.45) is 5.92 Å². The second-order valence-electron chi connectivity index (χ2n) is 10.5. The van der Waals surface area contributed by atoms with E-state index in [-0.39, 0.29) is 62.7 Å². The third-order valence-corrected chi connectivity index (χ3v) is 7.57. The summed E-state index contributed by atoms with van der Waals surface area (Å²) in [5.74, 6) is -13.6. The number of ether oxygens (including phenoxy) is 4. The van der Waals surface area contributed by atoms with Crippen LogP contribution in [0.3, 0.4) is 0 Å². The topological polar surface area (TPSA) is 310 Å². The van der Waals surface area contributed by atoms with Gasteiger partial charge in [-0.25, -0.2) is 0 Å². The van der Waals surface area contributed by atoms with Gasteiger partial charge >= 0.3 is 51.4 Å². The first-order valence-electron chi connectivity index (χ1n) is 13.4. The van der Waals surface area contributed by atoms with Gasteiger partial charge in [-0.3, -0.25) is 19.2 Å². The first-order chi connectivity index (χ1) is 21.2. The van der Waals surface area contributed by atoms with Gasteiger partial charge < -0.3 is 70.0 Å². The van der Waals surface area contributed by atoms with Crippen molar-refractivity contribution in [2.45, 2.75) is 73.3 Å². The van der Waals surface area contributed by atoms with E-state index in [1.807, 2.05) is 0 Å². The standard InChI is InChI=1S/C27H32O18.K/c28-7-12-15(32)18(35)20(37)25(42-12)44-22-17(34)14(11(31)6-3-9-1-4-10(30)5-2-9)23(39)27(41,24(22)40)45-26-21(38)19(36)16(33)13(8-29)43-26;/h1-6,12-16,18-22,25-26,28-30,32-33,35-38,41H,7-8H2;/q;+1/p-1/b6-3+;/t12-,13-,14?,15-,16-,18+,19+,20-,21-,22-,25+,26+,27?;/m1./s1. The van der Waals surface area contributed by atoms with Gasteiger partial charge in [0.1, 0.15) is 54.7 Å².